The van der Waals surface area contributed by atoms with E-state index in [0.717, 1.165) is 64.3 Å². The topological polar surface area (TPSA) is 42.0 Å². The van der Waals surface area contributed by atoms with Crippen LogP contribution in [0.4, 0.5) is 0 Å². The highest BCUT2D eigenvalue weighted by Gasteiger charge is 2.45. The Morgan fingerprint density at radius 3 is 2.92 bits per heavy atom. The Labute approximate surface area is 149 Å². The number of benzene rings is 1. The number of rotatable bonds is 4. The van der Waals surface area contributed by atoms with E-state index in [9.17, 15) is 4.79 Å². The molecule has 1 amide bonds. The number of carbonyl (C=O) groups is 1. The Kier molecular flexibility index (Phi) is 4.95. The lowest BCUT2D eigenvalue weighted by Gasteiger charge is -2.40. The van der Waals surface area contributed by atoms with Gasteiger partial charge in [-0.15, -0.1) is 0 Å². The summed E-state index contributed by atoms with van der Waals surface area (Å²) in [5.41, 5.74) is 1.23. The predicted molar refractivity (Wildman–Crippen MR) is 95.4 cm³/mol. The summed E-state index contributed by atoms with van der Waals surface area (Å²) in [6.45, 7) is 5.27. The summed E-state index contributed by atoms with van der Waals surface area (Å²) in [4.78, 5) is 17.5. The van der Waals surface area contributed by atoms with Gasteiger partial charge in [-0.1, -0.05) is 12.1 Å². The van der Waals surface area contributed by atoms with Gasteiger partial charge >= 0.3 is 0 Å². The smallest absolute Gasteiger partial charge is 0.227 e. The zero-order valence-electron chi connectivity index (χ0n) is 15.0. The van der Waals surface area contributed by atoms with E-state index in [1.165, 1.54) is 5.56 Å². The minimum atomic E-state index is 0.0879. The first-order valence-electron chi connectivity index (χ1n) is 9.50. The fourth-order valence-corrected chi connectivity index (χ4v) is 4.65. The van der Waals surface area contributed by atoms with Crippen molar-refractivity contribution in [3.63, 3.8) is 0 Å². The lowest BCUT2D eigenvalue weighted by atomic mass is 9.81. The Morgan fingerprint density at radius 1 is 1.28 bits per heavy atom. The zero-order chi connectivity index (χ0) is 17.2. The summed E-state index contributed by atoms with van der Waals surface area (Å²) >= 11 is 0. The maximum atomic E-state index is 13.1. The number of likely N-dealkylation sites (tertiary alicyclic amines) is 2. The van der Waals surface area contributed by atoms with Gasteiger partial charge in [-0.05, 0) is 37.0 Å². The first-order valence-corrected chi connectivity index (χ1v) is 9.50. The molecule has 0 bridgehead atoms. The minimum absolute atomic E-state index is 0.0879. The van der Waals surface area contributed by atoms with E-state index in [2.05, 4.69) is 21.9 Å². The summed E-state index contributed by atoms with van der Waals surface area (Å²) < 4.78 is 11.3. The quantitative estimate of drug-likeness (QED) is 0.839. The molecule has 0 aromatic heterocycles. The van der Waals surface area contributed by atoms with Crippen molar-refractivity contribution in [2.45, 2.75) is 31.9 Å². The van der Waals surface area contributed by atoms with Crippen molar-refractivity contribution < 1.29 is 14.3 Å². The molecule has 0 saturated carbocycles. The number of hydrogen-bond donors (Lipinski definition) is 0. The van der Waals surface area contributed by atoms with E-state index < -0.39 is 0 Å². The molecule has 3 aliphatic heterocycles. The monoisotopic (exact) mass is 344 g/mol. The Balaban J connectivity index is 1.48. The van der Waals surface area contributed by atoms with E-state index in [0.29, 0.717) is 11.8 Å². The van der Waals surface area contributed by atoms with Crippen molar-refractivity contribution in [3.8, 4) is 5.75 Å². The number of fused-ring (bicyclic) bond motifs is 1. The molecule has 5 heteroatoms. The van der Waals surface area contributed by atoms with Crippen molar-refractivity contribution in [1.29, 1.82) is 0 Å². The number of nitrogens with zero attached hydrogens (tertiary/aromatic N) is 2. The maximum absolute atomic E-state index is 13.1. The molecule has 0 aliphatic carbocycles. The largest absolute Gasteiger partial charge is 0.497 e. The molecular weight excluding hydrogens is 316 g/mol. The van der Waals surface area contributed by atoms with E-state index in [4.69, 9.17) is 9.47 Å². The van der Waals surface area contributed by atoms with Crippen LogP contribution in [0.25, 0.3) is 0 Å². The van der Waals surface area contributed by atoms with Crippen LogP contribution in [0.1, 0.15) is 24.8 Å². The summed E-state index contributed by atoms with van der Waals surface area (Å²) in [6.07, 6.45) is 3.53. The molecule has 0 unspecified atom stereocenters. The Bertz CT molecular complexity index is 615. The van der Waals surface area contributed by atoms with Crippen molar-refractivity contribution in [2.24, 2.45) is 11.8 Å². The summed E-state index contributed by atoms with van der Waals surface area (Å²) in [7, 11) is 1.70. The van der Waals surface area contributed by atoms with Gasteiger partial charge in [0.2, 0.25) is 5.91 Å². The van der Waals surface area contributed by atoms with Crippen molar-refractivity contribution >= 4 is 5.91 Å². The lowest BCUT2D eigenvalue weighted by Crippen LogP contribution is -2.52. The number of hydrogen-bond acceptors (Lipinski definition) is 4. The zero-order valence-corrected chi connectivity index (χ0v) is 15.0. The second-order valence-electron chi connectivity index (χ2n) is 7.55. The van der Waals surface area contributed by atoms with E-state index in [1.54, 1.807) is 7.11 Å². The van der Waals surface area contributed by atoms with Gasteiger partial charge in [0.05, 0.1) is 19.1 Å². The molecule has 0 N–H and O–H groups in total. The molecule has 0 radical (unpaired) electrons. The normalized spacial score (nSPS) is 29.6. The van der Waals surface area contributed by atoms with Crippen molar-refractivity contribution in [3.05, 3.63) is 29.8 Å². The number of carbonyl (C=O) groups excluding carboxylic acids is 1. The SMILES string of the molecule is COc1cccc(CN2C[C@@H]3OCC[C@@H]3[C@H](C(=O)N3CCCC3)C2)c1. The van der Waals surface area contributed by atoms with Crippen molar-refractivity contribution in [1.82, 2.24) is 9.80 Å². The third-order valence-electron chi connectivity index (χ3n) is 5.95. The molecule has 5 nitrogen and oxygen atoms in total. The fraction of sp³-hybridized carbons (Fsp3) is 0.650. The van der Waals surface area contributed by atoms with Crippen LogP contribution in [0, 0.1) is 11.8 Å². The standard InChI is InChI=1S/C20H28N2O3/c1-24-16-6-4-5-15(11-16)12-21-13-18(17-7-10-25-19(17)14-21)20(23)22-8-2-3-9-22/h4-6,11,17-19H,2-3,7-10,12-14H2,1H3/t17-,18-,19+/m1/s1. The third kappa shape index (κ3) is 3.53. The Morgan fingerprint density at radius 2 is 2.12 bits per heavy atom. The lowest BCUT2D eigenvalue weighted by molar-refractivity contribution is -0.140. The second kappa shape index (κ2) is 7.34. The average Bonchev–Trinajstić information content (AvgIpc) is 3.32. The predicted octanol–water partition coefficient (Wildman–Crippen LogP) is 2.15. The van der Waals surface area contributed by atoms with Gasteiger partial charge in [0.25, 0.3) is 0 Å². The molecule has 136 valence electrons. The van der Waals surface area contributed by atoms with Crippen LogP contribution in [-0.4, -0.2) is 61.7 Å². The van der Waals surface area contributed by atoms with Crippen LogP contribution in [0.3, 0.4) is 0 Å². The highest BCUT2D eigenvalue weighted by Crippen LogP contribution is 2.36. The van der Waals surface area contributed by atoms with Gasteiger partial charge in [-0.2, -0.15) is 0 Å². The number of piperidine rings is 1. The molecule has 4 rings (SSSR count). The minimum Gasteiger partial charge on any atom is -0.497 e. The maximum Gasteiger partial charge on any atom is 0.227 e. The Hall–Kier alpha value is -1.59. The van der Waals surface area contributed by atoms with Crippen LogP contribution in [0.2, 0.25) is 0 Å². The van der Waals surface area contributed by atoms with Gasteiger partial charge in [-0.25, -0.2) is 0 Å². The second-order valence-corrected chi connectivity index (χ2v) is 7.55. The average molecular weight is 344 g/mol. The first kappa shape index (κ1) is 16.9. The van der Waals surface area contributed by atoms with Crippen LogP contribution in [0.15, 0.2) is 24.3 Å². The molecule has 0 spiro atoms. The molecule has 3 aliphatic rings. The number of amides is 1. The molecule has 25 heavy (non-hydrogen) atoms. The molecular formula is C20H28N2O3. The van der Waals surface area contributed by atoms with Gasteiger partial charge in [0, 0.05) is 45.2 Å². The third-order valence-corrected chi connectivity index (χ3v) is 5.95. The van der Waals surface area contributed by atoms with Gasteiger partial charge in [-0.3, -0.25) is 9.69 Å². The van der Waals surface area contributed by atoms with Gasteiger partial charge < -0.3 is 14.4 Å². The molecule has 1 aromatic rings. The van der Waals surface area contributed by atoms with Gasteiger partial charge in [0.15, 0.2) is 0 Å². The molecule has 1 aromatic carbocycles. The van der Waals surface area contributed by atoms with Crippen LogP contribution in [-0.2, 0) is 16.1 Å². The van der Waals surface area contributed by atoms with E-state index in [1.807, 2.05) is 12.1 Å². The number of ether oxygens (including phenoxy) is 2. The van der Waals surface area contributed by atoms with Crippen molar-refractivity contribution in [2.75, 3.05) is 39.9 Å². The van der Waals surface area contributed by atoms with Crippen LogP contribution >= 0.6 is 0 Å². The summed E-state index contributed by atoms with van der Waals surface area (Å²) in [5.74, 6) is 1.72. The molecule has 3 saturated heterocycles. The molecule has 3 fully saturated rings. The first-order chi connectivity index (χ1) is 12.2. The van der Waals surface area contributed by atoms with E-state index in [-0.39, 0.29) is 12.0 Å². The molecule has 3 atom stereocenters. The van der Waals surface area contributed by atoms with E-state index >= 15 is 0 Å². The highest BCUT2D eigenvalue weighted by molar-refractivity contribution is 5.80. The van der Waals surface area contributed by atoms with Gasteiger partial charge in [0.1, 0.15) is 5.75 Å². The van der Waals surface area contributed by atoms with Crippen LogP contribution < -0.4 is 4.74 Å². The summed E-state index contributed by atoms with van der Waals surface area (Å²) in [6, 6.07) is 8.20. The highest BCUT2D eigenvalue weighted by atomic mass is 16.5. The summed E-state index contributed by atoms with van der Waals surface area (Å²) in [5, 5.41) is 0. The fourth-order valence-electron chi connectivity index (χ4n) is 4.65. The molecule has 3 heterocycles. The number of methoxy groups -OCH3 is 1. The van der Waals surface area contributed by atoms with Crippen LogP contribution in [0.5, 0.6) is 5.75 Å².